The third-order valence-corrected chi connectivity index (χ3v) is 3.02. The highest BCUT2D eigenvalue weighted by Gasteiger charge is 2.16. The smallest absolute Gasteiger partial charge is 0.270 e. The number of amides is 1. The number of anilines is 3. The predicted molar refractivity (Wildman–Crippen MR) is 93.3 cm³/mol. The molecule has 0 aliphatic carbocycles. The first-order valence-electron chi connectivity index (χ1n) is 7.44. The fraction of sp³-hybridized carbons (Fsp3) is 0.353. The van der Waals surface area contributed by atoms with Crippen LogP contribution in [0.15, 0.2) is 36.5 Å². The summed E-state index contributed by atoms with van der Waals surface area (Å²) in [6, 6.07) is 9.49. The lowest BCUT2D eigenvalue weighted by atomic mass is 10.1. The minimum absolute atomic E-state index is 0.217. The van der Waals surface area contributed by atoms with E-state index in [0.29, 0.717) is 11.6 Å². The Bertz CT molecular complexity index is 674. The van der Waals surface area contributed by atoms with Crippen molar-refractivity contribution < 1.29 is 4.79 Å². The lowest BCUT2D eigenvalue weighted by Crippen LogP contribution is -2.41. The highest BCUT2D eigenvalue weighted by atomic mass is 16.2. The third-order valence-electron chi connectivity index (χ3n) is 3.02. The van der Waals surface area contributed by atoms with Crippen molar-refractivity contribution in [3.8, 4) is 0 Å². The van der Waals surface area contributed by atoms with E-state index in [2.05, 4.69) is 20.6 Å². The van der Waals surface area contributed by atoms with Gasteiger partial charge in [0.15, 0.2) is 0 Å². The molecule has 6 nitrogen and oxygen atoms in total. The summed E-state index contributed by atoms with van der Waals surface area (Å²) in [4.78, 5) is 22.6. The van der Waals surface area contributed by atoms with E-state index in [-0.39, 0.29) is 11.4 Å². The van der Waals surface area contributed by atoms with Gasteiger partial charge in [-0.15, -0.1) is 0 Å². The van der Waals surface area contributed by atoms with E-state index >= 15 is 0 Å². The predicted octanol–water partition coefficient (Wildman–Crippen LogP) is 2.81. The van der Waals surface area contributed by atoms with Crippen molar-refractivity contribution >= 4 is 23.2 Å². The number of benzene rings is 1. The summed E-state index contributed by atoms with van der Waals surface area (Å²) >= 11 is 0. The molecular formula is C17H23N5O. The SMILES string of the molecule is CN(C)c1ccc(Nc2nccc(C(=O)NC(C)(C)C)n2)cc1. The number of nitrogens with one attached hydrogen (secondary N) is 2. The average Bonchev–Trinajstić information content (AvgIpc) is 2.46. The molecule has 0 unspecified atom stereocenters. The van der Waals surface area contributed by atoms with E-state index in [4.69, 9.17) is 0 Å². The van der Waals surface area contributed by atoms with Crippen LogP contribution >= 0.6 is 0 Å². The summed E-state index contributed by atoms with van der Waals surface area (Å²) in [5.41, 5.74) is 2.00. The van der Waals surface area contributed by atoms with E-state index in [1.165, 1.54) is 0 Å². The van der Waals surface area contributed by atoms with Crippen molar-refractivity contribution in [3.63, 3.8) is 0 Å². The first kappa shape index (κ1) is 16.7. The Labute approximate surface area is 137 Å². The normalized spacial score (nSPS) is 11.0. The molecule has 0 aliphatic heterocycles. The van der Waals surface area contributed by atoms with E-state index in [1.54, 1.807) is 12.3 Å². The highest BCUT2D eigenvalue weighted by Crippen LogP contribution is 2.18. The molecule has 0 aliphatic rings. The van der Waals surface area contributed by atoms with E-state index in [1.807, 2.05) is 64.0 Å². The van der Waals surface area contributed by atoms with Gasteiger partial charge in [-0.1, -0.05) is 0 Å². The molecule has 1 amide bonds. The first-order valence-corrected chi connectivity index (χ1v) is 7.44. The standard InChI is InChI=1S/C17H23N5O/c1-17(2,3)21-15(23)14-10-11-18-16(20-14)19-12-6-8-13(9-7-12)22(4)5/h6-11H,1-5H3,(H,21,23)(H,18,19,20). The summed E-state index contributed by atoms with van der Waals surface area (Å²) < 4.78 is 0. The van der Waals surface area contributed by atoms with Gasteiger partial charge in [-0.2, -0.15) is 0 Å². The molecule has 0 radical (unpaired) electrons. The van der Waals surface area contributed by atoms with Gasteiger partial charge in [0.05, 0.1) is 0 Å². The fourth-order valence-corrected chi connectivity index (χ4v) is 1.92. The molecule has 1 aromatic heterocycles. The van der Waals surface area contributed by atoms with Crippen LogP contribution in [-0.4, -0.2) is 35.5 Å². The van der Waals surface area contributed by atoms with E-state index in [9.17, 15) is 4.79 Å². The van der Waals surface area contributed by atoms with Crippen LogP contribution in [-0.2, 0) is 0 Å². The lowest BCUT2D eigenvalue weighted by molar-refractivity contribution is 0.0914. The van der Waals surface area contributed by atoms with Crippen LogP contribution in [0.1, 0.15) is 31.3 Å². The van der Waals surface area contributed by atoms with Gasteiger partial charge < -0.3 is 15.5 Å². The Morgan fingerprint density at radius 3 is 2.30 bits per heavy atom. The molecule has 6 heteroatoms. The Morgan fingerprint density at radius 2 is 1.74 bits per heavy atom. The second kappa shape index (κ2) is 6.64. The Hall–Kier alpha value is -2.63. The van der Waals surface area contributed by atoms with Crippen molar-refractivity contribution in [2.45, 2.75) is 26.3 Å². The molecular weight excluding hydrogens is 290 g/mol. The summed E-state index contributed by atoms with van der Waals surface area (Å²) in [5.74, 6) is 0.176. The number of rotatable bonds is 4. The summed E-state index contributed by atoms with van der Waals surface area (Å²) in [6.45, 7) is 5.78. The minimum atomic E-state index is -0.308. The zero-order chi connectivity index (χ0) is 17.0. The molecule has 23 heavy (non-hydrogen) atoms. The van der Waals surface area contributed by atoms with Crippen LogP contribution in [0.25, 0.3) is 0 Å². The van der Waals surface area contributed by atoms with E-state index in [0.717, 1.165) is 11.4 Å². The van der Waals surface area contributed by atoms with Gasteiger partial charge in [0, 0.05) is 37.2 Å². The molecule has 2 N–H and O–H groups in total. The molecule has 0 saturated carbocycles. The maximum absolute atomic E-state index is 12.1. The monoisotopic (exact) mass is 313 g/mol. The summed E-state index contributed by atoms with van der Waals surface area (Å²) in [5, 5.41) is 5.99. The lowest BCUT2D eigenvalue weighted by Gasteiger charge is -2.20. The molecule has 0 atom stereocenters. The second-order valence-electron chi connectivity index (χ2n) is 6.54. The molecule has 0 spiro atoms. The largest absolute Gasteiger partial charge is 0.378 e. The molecule has 1 heterocycles. The number of hydrogen-bond acceptors (Lipinski definition) is 5. The first-order chi connectivity index (χ1) is 10.7. The van der Waals surface area contributed by atoms with Gasteiger partial charge in [0.1, 0.15) is 5.69 Å². The van der Waals surface area contributed by atoms with Crippen molar-refractivity contribution in [3.05, 3.63) is 42.2 Å². The van der Waals surface area contributed by atoms with Gasteiger partial charge in [0.25, 0.3) is 5.91 Å². The van der Waals surface area contributed by atoms with Crippen molar-refractivity contribution in [2.75, 3.05) is 24.3 Å². The minimum Gasteiger partial charge on any atom is -0.378 e. The van der Waals surface area contributed by atoms with Crippen molar-refractivity contribution in [1.82, 2.24) is 15.3 Å². The average molecular weight is 313 g/mol. The topological polar surface area (TPSA) is 70.2 Å². The van der Waals surface area contributed by atoms with E-state index < -0.39 is 0 Å². The molecule has 0 fully saturated rings. The van der Waals surface area contributed by atoms with Gasteiger partial charge in [-0.05, 0) is 51.1 Å². The Morgan fingerprint density at radius 1 is 1.09 bits per heavy atom. The number of hydrogen-bond donors (Lipinski definition) is 2. The number of aromatic nitrogens is 2. The van der Waals surface area contributed by atoms with Crippen molar-refractivity contribution in [2.24, 2.45) is 0 Å². The number of carbonyl (C=O) groups excluding carboxylic acids is 1. The van der Waals surface area contributed by atoms with Gasteiger partial charge in [-0.3, -0.25) is 4.79 Å². The zero-order valence-electron chi connectivity index (χ0n) is 14.2. The van der Waals surface area contributed by atoms with Gasteiger partial charge in [0.2, 0.25) is 5.95 Å². The maximum Gasteiger partial charge on any atom is 0.270 e. The van der Waals surface area contributed by atoms with Gasteiger partial charge in [-0.25, -0.2) is 9.97 Å². The van der Waals surface area contributed by atoms with Crippen LogP contribution in [0.3, 0.4) is 0 Å². The molecule has 1 aromatic carbocycles. The number of carbonyl (C=O) groups is 1. The van der Waals surface area contributed by atoms with Gasteiger partial charge >= 0.3 is 0 Å². The summed E-state index contributed by atoms with van der Waals surface area (Å²) in [6.07, 6.45) is 1.57. The molecule has 0 saturated heterocycles. The van der Waals surface area contributed by atoms with Crippen LogP contribution in [0.4, 0.5) is 17.3 Å². The van der Waals surface area contributed by atoms with Crippen LogP contribution in [0.5, 0.6) is 0 Å². The maximum atomic E-state index is 12.1. The third kappa shape index (κ3) is 4.95. The second-order valence-corrected chi connectivity index (χ2v) is 6.54. The molecule has 2 rings (SSSR count). The fourth-order valence-electron chi connectivity index (χ4n) is 1.92. The van der Waals surface area contributed by atoms with Crippen LogP contribution in [0, 0.1) is 0 Å². The molecule has 122 valence electrons. The molecule has 0 bridgehead atoms. The summed E-state index contributed by atoms with van der Waals surface area (Å²) in [7, 11) is 3.98. The van der Waals surface area contributed by atoms with Crippen molar-refractivity contribution in [1.29, 1.82) is 0 Å². The van der Waals surface area contributed by atoms with Crippen LogP contribution < -0.4 is 15.5 Å². The quantitative estimate of drug-likeness (QED) is 0.908. The molecule has 2 aromatic rings. The zero-order valence-corrected chi connectivity index (χ0v) is 14.2. The Kier molecular flexibility index (Phi) is 4.83. The number of nitrogens with zero attached hydrogens (tertiary/aromatic N) is 3. The van der Waals surface area contributed by atoms with Crippen LogP contribution in [0.2, 0.25) is 0 Å². The Balaban J connectivity index is 2.12. The highest BCUT2D eigenvalue weighted by molar-refractivity contribution is 5.92.